The van der Waals surface area contributed by atoms with E-state index in [0.29, 0.717) is 22.1 Å². The molecule has 1 amide bonds. The van der Waals surface area contributed by atoms with Gasteiger partial charge in [-0.3, -0.25) is 14.0 Å². The van der Waals surface area contributed by atoms with Gasteiger partial charge in [-0.15, -0.1) is 0 Å². The second-order valence-corrected chi connectivity index (χ2v) is 7.55. The third-order valence-electron chi connectivity index (χ3n) is 4.73. The summed E-state index contributed by atoms with van der Waals surface area (Å²) in [6, 6.07) is 20.6. The molecule has 7 nitrogen and oxygen atoms in total. The van der Waals surface area contributed by atoms with Crippen molar-refractivity contribution in [1.29, 1.82) is 5.26 Å². The number of carbonyl (C=O) groups excluding carboxylic acids is 1. The fourth-order valence-electron chi connectivity index (χ4n) is 3.03. The Morgan fingerprint density at radius 1 is 1.12 bits per heavy atom. The van der Waals surface area contributed by atoms with Gasteiger partial charge in [0.05, 0.1) is 0 Å². The first-order valence-corrected chi connectivity index (χ1v) is 10.3. The van der Waals surface area contributed by atoms with Crippen molar-refractivity contribution in [1.82, 2.24) is 9.38 Å². The molecular weight excluding hydrogens is 440 g/mol. The van der Waals surface area contributed by atoms with E-state index in [2.05, 4.69) is 10.3 Å². The molecule has 0 unspecified atom stereocenters. The molecule has 0 bridgehead atoms. The highest BCUT2D eigenvalue weighted by atomic mass is 35.5. The maximum atomic E-state index is 13.2. The van der Waals surface area contributed by atoms with Crippen LogP contribution >= 0.6 is 11.6 Å². The van der Waals surface area contributed by atoms with Crippen LogP contribution in [0.2, 0.25) is 5.02 Å². The maximum Gasteiger partial charge on any atom is 0.269 e. The molecule has 0 aliphatic carbocycles. The van der Waals surface area contributed by atoms with E-state index in [0.717, 1.165) is 5.56 Å². The molecule has 4 rings (SSSR count). The number of aryl methyl sites for hydroxylation is 1. The minimum atomic E-state index is -0.682. The second-order valence-electron chi connectivity index (χ2n) is 7.11. The highest BCUT2D eigenvalue weighted by Gasteiger charge is 2.17. The Morgan fingerprint density at radius 3 is 2.55 bits per heavy atom. The quantitative estimate of drug-likeness (QED) is 0.337. The molecule has 0 saturated heterocycles. The van der Waals surface area contributed by atoms with Crippen LogP contribution in [0.3, 0.4) is 0 Å². The molecule has 0 atom stereocenters. The molecule has 0 fully saturated rings. The van der Waals surface area contributed by atoms with Crippen molar-refractivity contribution in [2.45, 2.75) is 6.92 Å². The van der Waals surface area contributed by atoms with E-state index in [1.165, 1.54) is 10.5 Å². The lowest BCUT2D eigenvalue weighted by atomic mass is 10.1. The lowest BCUT2D eigenvalue weighted by Gasteiger charge is -2.10. The zero-order valence-electron chi connectivity index (χ0n) is 17.4. The highest BCUT2D eigenvalue weighted by Crippen LogP contribution is 2.24. The average molecular weight is 457 g/mol. The number of fused-ring (bicyclic) bond motifs is 1. The van der Waals surface area contributed by atoms with Crippen LogP contribution in [0.4, 0.5) is 5.69 Å². The van der Waals surface area contributed by atoms with Crippen molar-refractivity contribution in [3.63, 3.8) is 0 Å². The fraction of sp³-hybridized carbons (Fsp3) is 0.0400. The van der Waals surface area contributed by atoms with Crippen molar-refractivity contribution < 1.29 is 9.53 Å². The summed E-state index contributed by atoms with van der Waals surface area (Å²) in [6.45, 7) is 1.94. The van der Waals surface area contributed by atoms with Gasteiger partial charge in [0.25, 0.3) is 11.5 Å². The Morgan fingerprint density at radius 2 is 1.85 bits per heavy atom. The number of carbonyl (C=O) groups is 1. The van der Waals surface area contributed by atoms with Crippen molar-refractivity contribution in [3.05, 3.63) is 105 Å². The largest absolute Gasteiger partial charge is 0.438 e. The molecule has 33 heavy (non-hydrogen) atoms. The number of halogens is 1. The predicted octanol–water partition coefficient (Wildman–Crippen LogP) is 4.99. The van der Waals surface area contributed by atoms with Crippen LogP contribution in [0.25, 0.3) is 11.7 Å². The number of amides is 1. The van der Waals surface area contributed by atoms with E-state index in [1.54, 1.807) is 60.8 Å². The molecule has 162 valence electrons. The highest BCUT2D eigenvalue weighted by molar-refractivity contribution is 6.30. The van der Waals surface area contributed by atoms with Crippen LogP contribution in [0.15, 0.2) is 83.3 Å². The van der Waals surface area contributed by atoms with Crippen LogP contribution in [-0.4, -0.2) is 15.3 Å². The summed E-state index contributed by atoms with van der Waals surface area (Å²) in [5.41, 5.74) is 1.07. The molecule has 0 aliphatic rings. The molecule has 0 aliphatic heterocycles. The Kier molecular flexibility index (Phi) is 6.20. The standard InChI is InChI=1S/C25H17ClN4O3/c1-16-5-11-20(12-6-16)33-24-21(25(32)30-13-3-2-4-22(30)29-24)14-17(15-27)23(31)28-19-9-7-18(26)8-10-19/h2-14H,1H3,(H,28,31). The number of benzene rings is 2. The molecule has 2 aromatic heterocycles. The van der Waals surface area contributed by atoms with Crippen molar-refractivity contribution in [3.8, 4) is 17.7 Å². The third kappa shape index (κ3) is 4.92. The molecular formula is C25H17ClN4O3. The van der Waals surface area contributed by atoms with Gasteiger partial charge in [-0.1, -0.05) is 35.4 Å². The van der Waals surface area contributed by atoms with Crippen molar-refractivity contribution >= 4 is 34.9 Å². The summed E-state index contributed by atoms with van der Waals surface area (Å²) in [5.74, 6) is -0.229. The Labute approximate surface area is 194 Å². The molecule has 0 saturated carbocycles. The summed E-state index contributed by atoms with van der Waals surface area (Å²) >= 11 is 5.87. The van der Waals surface area contributed by atoms with E-state index in [-0.39, 0.29) is 17.0 Å². The van der Waals surface area contributed by atoms with Gasteiger partial charge in [-0.05, 0) is 61.5 Å². The summed E-state index contributed by atoms with van der Waals surface area (Å²) in [7, 11) is 0. The van der Waals surface area contributed by atoms with Gasteiger partial charge >= 0.3 is 0 Å². The summed E-state index contributed by atoms with van der Waals surface area (Å²) in [4.78, 5) is 30.4. The second kappa shape index (κ2) is 9.39. The van der Waals surface area contributed by atoms with E-state index in [1.807, 2.05) is 25.1 Å². The molecule has 0 radical (unpaired) electrons. The third-order valence-corrected chi connectivity index (χ3v) is 4.98. The van der Waals surface area contributed by atoms with Gasteiger partial charge in [0.1, 0.15) is 28.6 Å². The van der Waals surface area contributed by atoms with Crippen molar-refractivity contribution in [2.24, 2.45) is 0 Å². The van der Waals surface area contributed by atoms with E-state index in [4.69, 9.17) is 16.3 Å². The molecule has 4 aromatic rings. The average Bonchev–Trinajstić information content (AvgIpc) is 2.82. The van der Waals surface area contributed by atoms with Crippen LogP contribution < -0.4 is 15.6 Å². The topological polar surface area (TPSA) is 96.5 Å². The lowest BCUT2D eigenvalue weighted by molar-refractivity contribution is -0.112. The number of hydrogen-bond acceptors (Lipinski definition) is 5. The van der Waals surface area contributed by atoms with Crippen molar-refractivity contribution in [2.75, 3.05) is 5.32 Å². The Hall–Kier alpha value is -4.41. The van der Waals surface area contributed by atoms with Gasteiger partial charge in [0.2, 0.25) is 5.88 Å². The minimum absolute atomic E-state index is 0.0119. The number of nitrogens with zero attached hydrogens (tertiary/aromatic N) is 3. The smallest absolute Gasteiger partial charge is 0.269 e. The molecule has 2 aromatic carbocycles. The van der Waals surface area contributed by atoms with Gasteiger partial charge in [0.15, 0.2) is 0 Å². The number of pyridine rings is 1. The fourth-order valence-corrected chi connectivity index (χ4v) is 3.15. The minimum Gasteiger partial charge on any atom is -0.438 e. The van der Waals surface area contributed by atoms with E-state index >= 15 is 0 Å². The number of nitriles is 1. The van der Waals surface area contributed by atoms with Crippen LogP contribution in [0.5, 0.6) is 11.6 Å². The van der Waals surface area contributed by atoms with Gasteiger partial charge in [-0.2, -0.15) is 10.2 Å². The van der Waals surface area contributed by atoms with Gasteiger partial charge in [-0.25, -0.2) is 0 Å². The Bertz CT molecular complexity index is 1470. The van der Waals surface area contributed by atoms with E-state index < -0.39 is 11.5 Å². The predicted molar refractivity (Wildman–Crippen MR) is 126 cm³/mol. The number of ether oxygens (including phenoxy) is 1. The summed E-state index contributed by atoms with van der Waals surface area (Å²) in [6.07, 6.45) is 2.74. The van der Waals surface area contributed by atoms with E-state index in [9.17, 15) is 14.9 Å². The monoisotopic (exact) mass is 456 g/mol. The normalized spacial score (nSPS) is 11.1. The zero-order valence-corrected chi connectivity index (χ0v) is 18.2. The molecule has 2 heterocycles. The number of nitrogens with one attached hydrogen (secondary N) is 1. The van der Waals surface area contributed by atoms with Crippen LogP contribution in [0, 0.1) is 18.3 Å². The number of hydrogen-bond donors (Lipinski definition) is 1. The van der Waals surface area contributed by atoms with Crippen LogP contribution in [-0.2, 0) is 4.79 Å². The summed E-state index contributed by atoms with van der Waals surface area (Å²) < 4.78 is 7.20. The first kappa shape index (κ1) is 21.8. The first-order chi connectivity index (χ1) is 15.9. The van der Waals surface area contributed by atoms with Gasteiger partial charge in [0, 0.05) is 16.9 Å². The Balaban J connectivity index is 1.78. The summed E-state index contributed by atoms with van der Waals surface area (Å²) in [5, 5.41) is 12.8. The lowest BCUT2D eigenvalue weighted by Crippen LogP contribution is -2.20. The first-order valence-electron chi connectivity index (χ1n) is 9.89. The molecule has 8 heteroatoms. The molecule has 0 spiro atoms. The number of anilines is 1. The number of rotatable bonds is 5. The molecule has 1 N–H and O–H groups in total. The van der Waals surface area contributed by atoms with Gasteiger partial charge < -0.3 is 10.1 Å². The SMILES string of the molecule is Cc1ccc(Oc2nc3ccccn3c(=O)c2C=C(C#N)C(=O)Nc2ccc(Cl)cc2)cc1. The van der Waals surface area contributed by atoms with Crippen LogP contribution in [0.1, 0.15) is 11.1 Å². The number of aromatic nitrogens is 2. The zero-order chi connectivity index (χ0) is 23.4. The maximum absolute atomic E-state index is 13.2.